The number of carbonyl (C=O) groups is 3. The van der Waals surface area contributed by atoms with E-state index in [-0.39, 0.29) is 49.2 Å². The third-order valence-corrected chi connectivity index (χ3v) is 5.41. The van der Waals surface area contributed by atoms with Crippen LogP contribution < -0.4 is 10.6 Å². The van der Waals surface area contributed by atoms with Gasteiger partial charge in [0.25, 0.3) is 0 Å². The number of halogens is 1. The number of benzene rings is 1. The SMILES string of the molecule is CC(C)C[C@@H](NC(=O)OCc1ccccc1)C(O)CN(C[C@@H]1CCNC1=O)C(=O)CCl. The lowest BCUT2D eigenvalue weighted by Gasteiger charge is -2.31. The number of hydrogen-bond acceptors (Lipinski definition) is 5. The van der Waals surface area contributed by atoms with Crippen LogP contribution >= 0.6 is 11.6 Å². The molecule has 3 N–H and O–H groups in total. The van der Waals surface area contributed by atoms with E-state index in [1.807, 2.05) is 44.2 Å². The minimum absolute atomic E-state index is 0.0360. The van der Waals surface area contributed by atoms with Crippen molar-refractivity contribution < 1.29 is 24.2 Å². The molecular weight excluding hydrogens is 422 g/mol. The summed E-state index contributed by atoms with van der Waals surface area (Å²) in [7, 11) is 0. The van der Waals surface area contributed by atoms with Crippen LogP contribution in [0, 0.1) is 11.8 Å². The molecule has 0 radical (unpaired) electrons. The van der Waals surface area contributed by atoms with Crippen LogP contribution in [0.1, 0.15) is 32.3 Å². The van der Waals surface area contributed by atoms with E-state index in [1.165, 1.54) is 4.90 Å². The van der Waals surface area contributed by atoms with Gasteiger partial charge in [0.1, 0.15) is 12.5 Å². The molecule has 1 aliphatic heterocycles. The standard InChI is InChI=1S/C22H32ClN3O5/c1-15(2)10-18(25-22(30)31-14-16-6-4-3-5-7-16)19(27)13-26(20(28)11-23)12-17-8-9-24-21(17)29/h3-7,15,17-19,27H,8-14H2,1-2H3,(H,24,29)(H,25,30)/t17-,18+,19?/m0/s1. The van der Waals surface area contributed by atoms with Crippen LogP contribution in [0.2, 0.25) is 0 Å². The van der Waals surface area contributed by atoms with Crippen LogP contribution in [0.5, 0.6) is 0 Å². The average molecular weight is 454 g/mol. The highest BCUT2D eigenvalue weighted by atomic mass is 35.5. The highest BCUT2D eigenvalue weighted by Gasteiger charge is 2.31. The number of aliphatic hydroxyl groups is 1. The number of nitrogens with one attached hydrogen (secondary N) is 2. The van der Waals surface area contributed by atoms with Crippen molar-refractivity contribution in [1.29, 1.82) is 0 Å². The van der Waals surface area contributed by atoms with E-state index in [0.29, 0.717) is 19.4 Å². The summed E-state index contributed by atoms with van der Waals surface area (Å²) >= 11 is 5.74. The summed E-state index contributed by atoms with van der Waals surface area (Å²) in [4.78, 5) is 37.9. The largest absolute Gasteiger partial charge is 0.445 e. The van der Waals surface area contributed by atoms with Crippen molar-refractivity contribution in [2.24, 2.45) is 11.8 Å². The molecule has 0 aromatic heterocycles. The number of rotatable bonds is 11. The Balaban J connectivity index is 1.98. The fourth-order valence-corrected chi connectivity index (χ4v) is 3.71. The van der Waals surface area contributed by atoms with Crippen molar-refractivity contribution >= 4 is 29.5 Å². The summed E-state index contributed by atoms with van der Waals surface area (Å²) in [6.07, 6.45) is -0.559. The molecule has 0 spiro atoms. The molecule has 1 unspecified atom stereocenters. The lowest BCUT2D eigenvalue weighted by Crippen LogP contribution is -2.51. The number of amides is 3. The lowest BCUT2D eigenvalue weighted by molar-refractivity contribution is -0.132. The minimum Gasteiger partial charge on any atom is -0.445 e. The molecule has 9 heteroatoms. The van der Waals surface area contributed by atoms with Crippen LogP contribution in [0.15, 0.2) is 30.3 Å². The maximum absolute atomic E-state index is 12.3. The molecule has 1 saturated heterocycles. The van der Waals surface area contributed by atoms with Crippen LogP contribution in [-0.2, 0) is 20.9 Å². The molecule has 1 aromatic carbocycles. The Morgan fingerprint density at radius 2 is 2.03 bits per heavy atom. The first kappa shape index (κ1) is 24.9. The molecule has 0 aliphatic carbocycles. The molecule has 3 atom stereocenters. The van der Waals surface area contributed by atoms with Gasteiger partial charge in [-0.25, -0.2) is 4.79 Å². The van der Waals surface area contributed by atoms with Crippen LogP contribution in [0.3, 0.4) is 0 Å². The summed E-state index contributed by atoms with van der Waals surface area (Å²) in [5, 5.41) is 16.3. The monoisotopic (exact) mass is 453 g/mol. The Bertz CT molecular complexity index is 731. The molecule has 3 amide bonds. The summed E-state index contributed by atoms with van der Waals surface area (Å²) in [6.45, 7) is 4.78. The van der Waals surface area contributed by atoms with Crippen molar-refractivity contribution in [3.63, 3.8) is 0 Å². The van der Waals surface area contributed by atoms with E-state index in [1.54, 1.807) is 0 Å². The number of carbonyl (C=O) groups excluding carboxylic acids is 3. The molecule has 0 saturated carbocycles. The van der Waals surface area contributed by atoms with E-state index in [4.69, 9.17) is 16.3 Å². The normalized spacial score (nSPS) is 17.7. The maximum atomic E-state index is 12.3. The molecule has 172 valence electrons. The first-order valence-electron chi connectivity index (χ1n) is 10.6. The second kappa shape index (κ2) is 12.5. The van der Waals surface area contributed by atoms with Gasteiger partial charge < -0.3 is 25.4 Å². The average Bonchev–Trinajstić information content (AvgIpc) is 3.15. The molecule has 0 bridgehead atoms. The third-order valence-electron chi connectivity index (χ3n) is 5.18. The summed E-state index contributed by atoms with van der Waals surface area (Å²) < 4.78 is 5.27. The number of ether oxygens (including phenoxy) is 1. The molecule has 1 fully saturated rings. The predicted octanol–water partition coefficient (Wildman–Crippen LogP) is 1.89. The van der Waals surface area contributed by atoms with Gasteiger partial charge in [-0.15, -0.1) is 11.6 Å². The Kier molecular flexibility index (Phi) is 10.1. The summed E-state index contributed by atoms with van der Waals surface area (Å²) in [5.41, 5.74) is 0.854. The fourth-order valence-electron chi connectivity index (χ4n) is 3.54. The van der Waals surface area contributed by atoms with Crippen LogP contribution in [0.4, 0.5) is 4.79 Å². The van der Waals surface area contributed by atoms with E-state index >= 15 is 0 Å². The molecule has 31 heavy (non-hydrogen) atoms. The van der Waals surface area contributed by atoms with E-state index in [2.05, 4.69) is 10.6 Å². The number of alkyl halides is 1. The predicted molar refractivity (Wildman–Crippen MR) is 117 cm³/mol. The van der Waals surface area contributed by atoms with E-state index in [0.717, 1.165) is 5.56 Å². The Hall–Kier alpha value is -2.32. The van der Waals surface area contributed by atoms with Crippen molar-refractivity contribution in [2.75, 3.05) is 25.5 Å². The van der Waals surface area contributed by atoms with Crippen molar-refractivity contribution in [2.45, 2.75) is 45.4 Å². The van der Waals surface area contributed by atoms with Gasteiger partial charge in [0.15, 0.2) is 0 Å². The zero-order valence-corrected chi connectivity index (χ0v) is 18.8. The van der Waals surface area contributed by atoms with Gasteiger partial charge in [-0.1, -0.05) is 44.2 Å². The molecule has 8 nitrogen and oxygen atoms in total. The lowest BCUT2D eigenvalue weighted by atomic mass is 9.98. The van der Waals surface area contributed by atoms with Crippen molar-refractivity contribution in [1.82, 2.24) is 15.5 Å². The number of alkyl carbamates (subject to hydrolysis) is 1. The fraction of sp³-hybridized carbons (Fsp3) is 0.591. The van der Waals surface area contributed by atoms with Crippen LogP contribution in [0.25, 0.3) is 0 Å². The third kappa shape index (κ3) is 8.38. The first-order chi connectivity index (χ1) is 14.8. The van der Waals surface area contributed by atoms with E-state index < -0.39 is 18.2 Å². The highest BCUT2D eigenvalue weighted by Crippen LogP contribution is 2.15. The second-order valence-corrected chi connectivity index (χ2v) is 8.49. The molecule has 2 rings (SSSR count). The van der Waals surface area contributed by atoms with Crippen molar-refractivity contribution in [3.05, 3.63) is 35.9 Å². The molecule has 1 aliphatic rings. The van der Waals surface area contributed by atoms with E-state index in [9.17, 15) is 19.5 Å². The zero-order chi connectivity index (χ0) is 22.8. The van der Waals surface area contributed by atoms with Gasteiger partial charge >= 0.3 is 6.09 Å². The Labute approximate surface area is 188 Å². The van der Waals surface area contributed by atoms with Gasteiger partial charge in [-0.2, -0.15) is 0 Å². The summed E-state index contributed by atoms with van der Waals surface area (Å²) in [6, 6.07) is 8.67. The molecule has 1 heterocycles. The Morgan fingerprint density at radius 3 is 2.61 bits per heavy atom. The molecular formula is C22H32ClN3O5. The smallest absolute Gasteiger partial charge is 0.407 e. The quantitative estimate of drug-likeness (QED) is 0.443. The van der Waals surface area contributed by atoms with Gasteiger partial charge in [-0.3, -0.25) is 9.59 Å². The number of nitrogens with zero attached hydrogens (tertiary/aromatic N) is 1. The summed E-state index contributed by atoms with van der Waals surface area (Å²) in [5.74, 6) is -0.861. The minimum atomic E-state index is -1.04. The van der Waals surface area contributed by atoms with Gasteiger partial charge in [-0.05, 0) is 24.3 Å². The maximum Gasteiger partial charge on any atom is 0.407 e. The topological polar surface area (TPSA) is 108 Å². The Morgan fingerprint density at radius 1 is 1.32 bits per heavy atom. The number of hydrogen-bond donors (Lipinski definition) is 3. The second-order valence-electron chi connectivity index (χ2n) is 8.22. The number of aliphatic hydroxyl groups excluding tert-OH is 1. The molecule has 1 aromatic rings. The van der Waals surface area contributed by atoms with Gasteiger partial charge in [0.05, 0.1) is 18.1 Å². The zero-order valence-electron chi connectivity index (χ0n) is 18.1. The van der Waals surface area contributed by atoms with Gasteiger partial charge in [0, 0.05) is 19.6 Å². The van der Waals surface area contributed by atoms with Crippen molar-refractivity contribution in [3.8, 4) is 0 Å². The van der Waals surface area contributed by atoms with Gasteiger partial charge in [0.2, 0.25) is 11.8 Å². The first-order valence-corrected chi connectivity index (χ1v) is 11.1. The highest BCUT2D eigenvalue weighted by molar-refractivity contribution is 6.27. The van der Waals surface area contributed by atoms with Crippen LogP contribution in [-0.4, -0.2) is 65.6 Å².